The van der Waals surface area contributed by atoms with Crippen LogP contribution in [0.1, 0.15) is 33.6 Å². The SMILES string of the molecule is CC(C)CC(=O)C1(C)CCNC1. The summed E-state index contributed by atoms with van der Waals surface area (Å²) < 4.78 is 0. The summed E-state index contributed by atoms with van der Waals surface area (Å²) in [7, 11) is 0. The van der Waals surface area contributed by atoms with Crippen molar-refractivity contribution >= 4 is 5.78 Å². The van der Waals surface area contributed by atoms with Gasteiger partial charge in [0.2, 0.25) is 0 Å². The van der Waals surface area contributed by atoms with Crippen LogP contribution >= 0.6 is 0 Å². The largest absolute Gasteiger partial charge is 0.316 e. The van der Waals surface area contributed by atoms with Gasteiger partial charge in [0.15, 0.2) is 0 Å². The van der Waals surface area contributed by atoms with Gasteiger partial charge in [-0.25, -0.2) is 0 Å². The van der Waals surface area contributed by atoms with E-state index in [1.54, 1.807) is 0 Å². The smallest absolute Gasteiger partial charge is 0.140 e. The van der Waals surface area contributed by atoms with Gasteiger partial charge >= 0.3 is 0 Å². The second-order valence-electron chi connectivity index (χ2n) is 4.51. The molecule has 0 aromatic rings. The molecule has 1 atom stereocenters. The van der Waals surface area contributed by atoms with Gasteiger partial charge in [0.05, 0.1) is 0 Å². The average molecular weight is 169 g/mol. The van der Waals surface area contributed by atoms with Crippen molar-refractivity contribution in [2.24, 2.45) is 11.3 Å². The third kappa shape index (κ3) is 2.07. The minimum Gasteiger partial charge on any atom is -0.316 e. The first kappa shape index (κ1) is 9.72. The highest BCUT2D eigenvalue weighted by Crippen LogP contribution is 2.28. The maximum absolute atomic E-state index is 11.7. The van der Waals surface area contributed by atoms with Crippen LogP contribution in [0.25, 0.3) is 0 Å². The van der Waals surface area contributed by atoms with E-state index in [1.807, 2.05) is 0 Å². The number of hydrogen-bond donors (Lipinski definition) is 1. The van der Waals surface area contributed by atoms with Crippen LogP contribution in [0, 0.1) is 11.3 Å². The number of ketones is 1. The van der Waals surface area contributed by atoms with Crippen LogP contribution in [-0.2, 0) is 4.79 Å². The minimum atomic E-state index is -0.0652. The third-order valence-corrected chi connectivity index (χ3v) is 2.64. The van der Waals surface area contributed by atoms with Gasteiger partial charge in [0.1, 0.15) is 5.78 Å². The fourth-order valence-corrected chi connectivity index (χ4v) is 1.67. The first-order chi connectivity index (χ1) is 5.54. The summed E-state index contributed by atoms with van der Waals surface area (Å²) in [4.78, 5) is 11.7. The van der Waals surface area contributed by atoms with Gasteiger partial charge in [0.25, 0.3) is 0 Å². The monoisotopic (exact) mass is 169 g/mol. The molecule has 0 saturated carbocycles. The topological polar surface area (TPSA) is 29.1 Å². The molecule has 0 aromatic carbocycles. The van der Waals surface area contributed by atoms with Crippen molar-refractivity contribution < 1.29 is 4.79 Å². The number of carbonyl (C=O) groups excluding carboxylic acids is 1. The highest BCUT2D eigenvalue weighted by molar-refractivity contribution is 5.85. The molecule has 2 nitrogen and oxygen atoms in total. The standard InChI is InChI=1S/C10H19NO/c1-8(2)6-9(12)10(3)4-5-11-7-10/h8,11H,4-7H2,1-3H3. The fraction of sp³-hybridized carbons (Fsp3) is 0.900. The van der Waals surface area contributed by atoms with Crippen LogP contribution in [0.5, 0.6) is 0 Å². The molecular formula is C10H19NO. The van der Waals surface area contributed by atoms with Crippen molar-refractivity contribution in [3.05, 3.63) is 0 Å². The lowest BCUT2D eigenvalue weighted by molar-refractivity contribution is -0.127. The zero-order valence-electron chi connectivity index (χ0n) is 8.31. The molecule has 0 bridgehead atoms. The number of nitrogens with one attached hydrogen (secondary N) is 1. The summed E-state index contributed by atoms with van der Waals surface area (Å²) in [5.41, 5.74) is -0.0652. The Kier molecular flexibility index (Phi) is 2.89. The highest BCUT2D eigenvalue weighted by Gasteiger charge is 2.35. The van der Waals surface area contributed by atoms with E-state index in [2.05, 4.69) is 26.1 Å². The molecular weight excluding hydrogens is 150 g/mol. The van der Waals surface area contributed by atoms with E-state index in [0.717, 1.165) is 25.9 Å². The van der Waals surface area contributed by atoms with Crippen molar-refractivity contribution in [1.29, 1.82) is 0 Å². The van der Waals surface area contributed by atoms with Crippen LogP contribution in [0.3, 0.4) is 0 Å². The van der Waals surface area contributed by atoms with E-state index in [-0.39, 0.29) is 5.41 Å². The lowest BCUT2D eigenvalue weighted by Gasteiger charge is -2.21. The Morgan fingerprint density at radius 3 is 2.67 bits per heavy atom. The van der Waals surface area contributed by atoms with Crippen molar-refractivity contribution in [3.63, 3.8) is 0 Å². The van der Waals surface area contributed by atoms with E-state index in [0.29, 0.717) is 11.7 Å². The molecule has 1 N–H and O–H groups in total. The molecule has 12 heavy (non-hydrogen) atoms. The summed E-state index contributed by atoms with van der Waals surface area (Å²) >= 11 is 0. The molecule has 1 aliphatic heterocycles. The maximum atomic E-state index is 11.7. The van der Waals surface area contributed by atoms with Gasteiger partial charge in [-0.2, -0.15) is 0 Å². The molecule has 0 aromatic heterocycles. The van der Waals surface area contributed by atoms with Gasteiger partial charge < -0.3 is 5.32 Å². The summed E-state index contributed by atoms with van der Waals surface area (Å²) in [6, 6.07) is 0. The fourth-order valence-electron chi connectivity index (χ4n) is 1.67. The molecule has 1 aliphatic rings. The Morgan fingerprint density at radius 1 is 1.58 bits per heavy atom. The average Bonchev–Trinajstić information content (AvgIpc) is 2.36. The van der Waals surface area contributed by atoms with E-state index in [9.17, 15) is 4.79 Å². The van der Waals surface area contributed by atoms with Crippen LogP contribution in [0.15, 0.2) is 0 Å². The van der Waals surface area contributed by atoms with Crippen molar-refractivity contribution in [3.8, 4) is 0 Å². The minimum absolute atomic E-state index is 0.0652. The first-order valence-corrected chi connectivity index (χ1v) is 4.78. The van der Waals surface area contributed by atoms with Gasteiger partial charge in [-0.05, 0) is 18.9 Å². The summed E-state index contributed by atoms with van der Waals surface area (Å²) in [6.45, 7) is 8.16. The summed E-state index contributed by atoms with van der Waals surface area (Å²) in [5.74, 6) is 0.928. The molecule has 70 valence electrons. The lowest BCUT2D eigenvalue weighted by atomic mass is 9.81. The Hall–Kier alpha value is -0.370. The molecule has 0 aliphatic carbocycles. The van der Waals surface area contributed by atoms with Crippen molar-refractivity contribution in [1.82, 2.24) is 5.32 Å². The molecule has 1 saturated heterocycles. The van der Waals surface area contributed by atoms with Crippen LogP contribution in [-0.4, -0.2) is 18.9 Å². The zero-order chi connectivity index (χ0) is 9.19. The van der Waals surface area contributed by atoms with E-state index < -0.39 is 0 Å². The summed E-state index contributed by atoms with van der Waals surface area (Å²) in [5, 5.41) is 3.25. The van der Waals surface area contributed by atoms with Crippen molar-refractivity contribution in [2.45, 2.75) is 33.6 Å². The zero-order valence-corrected chi connectivity index (χ0v) is 8.31. The Labute approximate surface area is 74.7 Å². The van der Waals surface area contributed by atoms with Crippen LogP contribution in [0.2, 0.25) is 0 Å². The first-order valence-electron chi connectivity index (χ1n) is 4.78. The maximum Gasteiger partial charge on any atom is 0.140 e. The number of Topliss-reactive ketones (excluding diaryl/α,β-unsaturated/α-hetero) is 1. The predicted octanol–water partition coefficient (Wildman–Crippen LogP) is 1.60. The Morgan fingerprint density at radius 2 is 2.25 bits per heavy atom. The predicted molar refractivity (Wildman–Crippen MR) is 50.1 cm³/mol. The number of rotatable bonds is 3. The molecule has 0 amide bonds. The van der Waals surface area contributed by atoms with Gasteiger partial charge in [0, 0.05) is 18.4 Å². The molecule has 2 heteroatoms. The lowest BCUT2D eigenvalue weighted by Crippen LogP contribution is -2.30. The van der Waals surface area contributed by atoms with Gasteiger partial charge in [-0.15, -0.1) is 0 Å². The summed E-state index contributed by atoms with van der Waals surface area (Å²) in [6.07, 6.45) is 1.75. The highest BCUT2D eigenvalue weighted by atomic mass is 16.1. The van der Waals surface area contributed by atoms with E-state index in [4.69, 9.17) is 0 Å². The Balaban J connectivity index is 2.50. The molecule has 1 fully saturated rings. The quantitative estimate of drug-likeness (QED) is 0.695. The molecule has 0 radical (unpaired) electrons. The third-order valence-electron chi connectivity index (χ3n) is 2.64. The van der Waals surface area contributed by atoms with Gasteiger partial charge in [-0.3, -0.25) is 4.79 Å². The van der Waals surface area contributed by atoms with Gasteiger partial charge in [-0.1, -0.05) is 20.8 Å². The molecule has 1 unspecified atom stereocenters. The normalized spacial score (nSPS) is 29.7. The van der Waals surface area contributed by atoms with Crippen LogP contribution in [0.4, 0.5) is 0 Å². The Bertz CT molecular complexity index is 169. The van der Waals surface area contributed by atoms with E-state index >= 15 is 0 Å². The number of carbonyl (C=O) groups is 1. The van der Waals surface area contributed by atoms with E-state index in [1.165, 1.54) is 0 Å². The molecule has 0 spiro atoms. The van der Waals surface area contributed by atoms with Crippen LogP contribution < -0.4 is 5.32 Å². The second-order valence-corrected chi connectivity index (χ2v) is 4.51. The number of hydrogen-bond acceptors (Lipinski definition) is 2. The van der Waals surface area contributed by atoms with Crippen molar-refractivity contribution in [2.75, 3.05) is 13.1 Å². The molecule has 1 heterocycles. The molecule has 1 rings (SSSR count). The second kappa shape index (κ2) is 3.56.